The van der Waals surface area contributed by atoms with Gasteiger partial charge in [-0.15, -0.1) is 0 Å². The van der Waals surface area contributed by atoms with Crippen LogP contribution in [0, 0.1) is 6.92 Å². The summed E-state index contributed by atoms with van der Waals surface area (Å²) < 4.78 is 0. The number of aromatic hydroxyl groups is 4. The van der Waals surface area contributed by atoms with Crippen molar-refractivity contribution in [1.82, 2.24) is 0 Å². The van der Waals surface area contributed by atoms with E-state index in [1.165, 1.54) is 6.92 Å². The predicted molar refractivity (Wildman–Crippen MR) is 44.6 cm³/mol. The lowest BCUT2D eigenvalue weighted by atomic mass is 10.2. The molecule has 0 saturated heterocycles. The number of benzene rings is 1. The topological polar surface area (TPSA) is 80.9 Å². The Morgan fingerprint density at radius 3 is 1.92 bits per heavy atom. The zero-order valence-electron chi connectivity index (χ0n) is 5.87. The van der Waals surface area contributed by atoms with Gasteiger partial charge in [-0.25, -0.2) is 0 Å². The summed E-state index contributed by atoms with van der Waals surface area (Å²) in [7, 11) is 0. The van der Waals surface area contributed by atoms with Crippen LogP contribution in [-0.4, -0.2) is 20.4 Å². The fourth-order valence-electron chi connectivity index (χ4n) is 0.726. The average Bonchev–Trinajstić information content (AvgIpc) is 1.97. The zero-order chi connectivity index (χ0) is 8.59. The molecule has 0 amide bonds. The summed E-state index contributed by atoms with van der Waals surface area (Å²) in [6.07, 6.45) is 0. The predicted octanol–water partition coefficient (Wildman–Crippen LogP) is 1.45. The molecule has 0 aliphatic heterocycles. The second kappa shape index (κ2) is 3.21. The van der Waals surface area contributed by atoms with Gasteiger partial charge in [-0.3, -0.25) is 0 Å². The largest absolute Gasteiger partial charge is 0.507 e. The van der Waals surface area contributed by atoms with Crippen molar-refractivity contribution >= 4 is 0 Å². The van der Waals surface area contributed by atoms with Crippen LogP contribution >= 0.6 is 0 Å². The Morgan fingerprint density at radius 1 is 0.917 bits per heavy atom. The van der Waals surface area contributed by atoms with Gasteiger partial charge in [0, 0.05) is 11.6 Å². The van der Waals surface area contributed by atoms with E-state index in [4.69, 9.17) is 20.4 Å². The molecule has 0 fully saturated rings. The van der Waals surface area contributed by atoms with E-state index in [0.29, 0.717) is 0 Å². The van der Waals surface area contributed by atoms with Crippen LogP contribution in [0.15, 0.2) is 6.07 Å². The van der Waals surface area contributed by atoms with Crippen molar-refractivity contribution in [3.8, 4) is 23.0 Å². The van der Waals surface area contributed by atoms with Crippen LogP contribution in [0.1, 0.15) is 13.0 Å². The van der Waals surface area contributed by atoms with Crippen LogP contribution in [-0.2, 0) is 0 Å². The Balaban J connectivity index is 0.00000121. The van der Waals surface area contributed by atoms with Gasteiger partial charge in [-0.1, -0.05) is 7.43 Å². The van der Waals surface area contributed by atoms with Gasteiger partial charge in [-0.2, -0.15) is 0 Å². The molecular weight excluding hydrogens is 160 g/mol. The second-order valence-electron chi connectivity index (χ2n) is 2.24. The number of hydrogen-bond donors (Lipinski definition) is 4. The van der Waals surface area contributed by atoms with Gasteiger partial charge in [0.15, 0.2) is 11.5 Å². The first-order chi connectivity index (χ1) is 5.04. The number of hydrogen-bond acceptors (Lipinski definition) is 4. The third-order valence-corrected chi connectivity index (χ3v) is 1.48. The molecule has 1 aromatic carbocycles. The van der Waals surface area contributed by atoms with Crippen molar-refractivity contribution in [3.63, 3.8) is 0 Å². The minimum Gasteiger partial charge on any atom is -0.507 e. The Labute approximate surface area is 70.3 Å². The molecule has 1 rings (SSSR count). The van der Waals surface area contributed by atoms with Crippen LogP contribution in [0.4, 0.5) is 0 Å². The van der Waals surface area contributed by atoms with Crippen molar-refractivity contribution in [2.45, 2.75) is 14.4 Å². The molecule has 12 heavy (non-hydrogen) atoms. The summed E-state index contributed by atoms with van der Waals surface area (Å²) in [5.41, 5.74) is 0.139. The molecule has 0 saturated carbocycles. The van der Waals surface area contributed by atoms with Crippen molar-refractivity contribution in [2.75, 3.05) is 0 Å². The third kappa shape index (κ3) is 1.37. The zero-order valence-corrected chi connectivity index (χ0v) is 5.87. The Kier molecular flexibility index (Phi) is 2.79. The Morgan fingerprint density at radius 2 is 1.42 bits per heavy atom. The Bertz CT molecular complexity index is 267. The highest BCUT2D eigenvalue weighted by Crippen LogP contribution is 2.41. The second-order valence-corrected chi connectivity index (χ2v) is 2.24. The highest BCUT2D eigenvalue weighted by Gasteiger charge is 2.12. The maximum atomic E-state index is 9.00. The molecule has 1 aromatic rings. The summed E-state index contributed by atoms with van der Waals surface area (Å²) in [5.74, 6) is -1.90. The van der Waals surface area contributed by atoms with Crippen molar-refractivity contribution in [1.29, 1.82) is 0 Å². The quantitative estimate of drug-likeness (QED) is 0.352. The molecule has 0 bridgehead atoms. The van der Waals surface area contributed by atoms with Gasteiger partial charge in [0.25, 0.3) is 0 Å². The van der Waals surface area contributed by atoms with E-state index in [0.717, 1.165) is 6.07 Å². The smallest absolute Gasteiger partial charge is 0.200 e. The van der Waals surface area contributed by atoms with Crippen LogP contribution in [0.2, 0.25) is 0 Å². The van der Waals surface area contributed by atoms with Gasteiger partial charge >= 0.3 is 0 Å². The van der Waals surface area contributed by atoms with Gasteiger partial charge in [0.2, 0.25) is 5.75 Å². The van der Waals surface area contributed by atoms with Crippen LogP contribution < -0.4 is 0 Å². The van der Waals surface area contributed by atoms with Crippen LogP contribution in [0.3, 0.4) is 0 Å². The maximum Gasteiger partial charge on any atom is 0.200 e. The molecule has 0 spiro atoms. The van der Waals surface area contributed by atoms with E-state index in [1.807, 2.05) is 0 Å². The normalized spacial score (nSPS) is 9.08. The fraction of sp³-hybridized carbons (Fsp3) is 0.250. The number of phenols is 4. The Hall–Kier alpha value is -1.58. The van der Waals surface area contributed by atoms with E-state index in [1.54, 1.807) is 0 Å². The van der Waals surface area contributed by atoms with E-state index < -0.39 is 17.2 Å². The molecule has 0 heterocycles. The SMILES string of the molecule is C.Cc1c(O)cc(O)c(O)c1O. The maximum absolute atomic E-state index is 9.00. The fourth-order valence-corrected chi connectivity index (χ4v) is 0.726. The van der Waals surface area contributed by atoms with E-state index in [9.17, 15) is 0 Å². The van der Waals surface area contributed by atoms with Gasteiger partial charge in [0.1, 0.15) is 5.75 Å². The van der Waals surface area contributed by atoms with Gasteiger partial charge in [-0.05, 0) is 6.92 Å². The molecule has 0 radical (unpaired) electrons. The summed E-state index contributed by atoms with van der Waals surface area (Å²) in [6.45, 7) is 1.42. The van der Waals surface area contributed by atoms with Crippen LogP contribution in [0.5, 0.6) is 23.0 Å². The molecule has 0 aliphatic carbocycles. The van der Waals surface area contributed by atoms with E-state index in [-0.39, 0.29) is 18.7 Å². The molecule has 0 unspecified atom stereocenters. The molecule has 4 N–H and O–H groups in total. The first-order valence-corrected chi connectivity index (χ1v) is 2.97. The molecule has 68 valence electrons. The molecule has 4 nitrogen and oxygen atoms in total. The van der Waals surface area contributed by atoms with E-state index >= 15 is 0 Å². The van der Waals surface area contributed by atoms with Gasteiger partial charge in [0.05, 0.1) is 0 Å². The first-order valence-electron chi connectivity index (χ1n) is 2.97. The lowest BCUT2D eigenvalue weighted by Gasteiger charge is -2.05. The molecule has 4 heteroatoms. The minimum absolute atomic E-state index is 0. The summed E-state index contributed by atoms with van der Waals surface area (Å²) in [5, 5.41) is 35.7. The lowest BCUT2D eigenvalue weighted by Crippen LogP contribution is -1.78. The minimum atomic E-state index is -0.611. The van der Waals surface area contributed by atoms with Crippen LogP contribution in [0.25, 0.3) is 0 Å². The first kappa shape index (κ1) is 10.4. The van der Waals surface area contributed by atoms with Gasteiger partial charge < -0.3 is 20.4 Å². The monoisotopic (exact) mass is 172 g/mol. The summed E-state index contributed by atoms with van der Waals surface area (Å²) >= 11 is 0. The van der Waals surface area contributed by atoms with E-state index in [2.05, 4.69) is 0 Å². The average molecular weight is 172 g/mol. The highest BCUT2D eigenvalue weighted by atomic mass is 16.3. The highest BCUT2D eigenvalue weighted by molar-refractivity contribution is 5.58. The molecular formula is C8H12O4. The number of rotatable bonds is 0. The summed E-state index contributed by atoms with van der Waals surface area (Å²) in [4.78, 5) is 0. The van der Waals surface area contributed by atoms with Crippen molar-refractivity contribution in [3.05, 3.63) is 11.6 Å². The standard InChI is InChI=1S/C7H8O4.CH4/c1-3-4(8)2-5(9)7(11)6(3)10;/h2,8-11H,1H3;1H4. The van der Waals surface area contributed by atoms with Crippen molar-refractivity contribution < 1.29 is 20.4 Å². The van der Waals surface area contributed by atoms with Crippen molar-refractivity contribution in [2.24, 2.45) is 0 Å². The summed E-state index contributed by atoms with van der Waals surface area (Å²) in [6, 6.07) is 0.963. The third-order valence-electron chi connectivity index (χ3n) is 1.48. The molecule has 0 aliphatic rings. The molecule has 0 atom stereocenters. The molecule has 0 aromatic heterocycles. The number of phenolic OH excluding ortho intramolecular Hbond substituents is 4. The lowest BCUT2D eigenvalue weighted by molar-refractivity contribution is 0.358.